The number of nitrogens with zero attached hydrogens (tertiary/aromatic N) is 3. The first kappa shape index (κ1) is 21.4. The quantitative estimate of drug-likeness (QED) is 0.336. The number of hydrogen-bond acceptors (Lipinski definition) is 5. The third-order valence-corrected chi connectivity index (χ3v) is 7.05. The normalized spacial score (nSPS) is 18.9. The fourth-order valence-electron chi connectivity index (χ4n) is 4.62. The van der Waals surface area contributed by atoms with E-state index in [4.69, 9.17) is 0 Å². The lowest BCUT2D eigenvalue weighted by Gasteiger charge is -2.26. The summed E-state index contributed by atoms with van der Waals surface area (Å²) in [6.07, 6.45) is 7.88. The first-order chi connectivity index (χ1) is 14.9. The lowest BCUT2D eigenvalue weighted by molar-refractivity contribution is -0.385. The number of benzene rings is 1. The van der Waals surface area contributed by atoms with Gasteiger partial charge >= 0.3 is 0 Å². The van der Waals surface area contributed by atoms with Crippen molar-refractivity contribution in [3.05, 3.63) is 67.9 Å². The number of aryl methyl sites for hydroxylation is 1. The number of carbonyl (C=O) groups excluding carboxylic acids is 2. The highest BCUT2D eigenvalue weighted by Gasteiger charge is 2.36. The van der Waals surface area contributed by atoms with E-state index in [1.165, 1.54) is 38.2 Å². The van der Waals surface area contributed by atoms with Gasteiger partial charge in [0.2, 0.25) is 0 Å². The first-order valence-electron chi connectivity index (χ1n) is 10.5. The third kappa shape index (κ3) is 4.17. The molecule has 2 aromatic rings. The Labute approximate surface area is 185 Å². The molecular formula is C23H25N3O4S. The second-order valence-corrected chi connectivity index (χ2v) is 9.14. The average Bonchev–Trinajstić information content (AvgIpc) is 3.18. The molecule has 31 heavy (non-hydrogen) atoms. The predicted molar refractivity (Wildman–Crippen MR) is 121 cm³/mol. The maximum absolute atomic E-state index is 12.9. The summed E-state index contributed by atoms with van der Waals surface area (Å²) in [6, 6.07) is 8.74. The number of thioether (sulfide) groups is 1. The minimum atomic E-state index is -0.496. The number of nitro benzene ring substituents is 1. The molecule has 2 fully saturated rings. The molecule has 4 rings (SSSR count). The number of aromatic nitrogens is 1. The topological polar surface area (TPSA) is 85.5 Å². The molecule has 0 spiro atoms. The molecule has 1 aromatic heterocycles. The van der Waals surface area contributed by atoms with E-state index in [2.05, 4.69) is 24.5 Å². The summed E-state index contributed by atoms with van der Waals surface area (Å²) in [7, 11) is 0. The molecule has 2 amide bonds. The third-order valence-electron chi connectivity index (χ3n) is 6.14. The van der Waals surface area contributed by atoms with E-state index in [1.54, 1.807) is 24.3 Å². The molecule has 0 unspecified atom stereocenters. The number of amides is 2. The SMILES string of the molecule is Cc1cc(/C=C2\SC(=O)N(Cc3ccccc3[N+](=O)[O-])C2=O)c(C)n1C1CCCCC1. The summed E-state index contributed by atoms with van der Waals surface area (Å²) in [4.78, 5) is 37.7. The van der Waals surface area contributed by atoms with Crippen LogP contribution in [0.5, 0.6) is 0 Å². The van der Waals surface area contributed by atoms with Gasteiger partial charge in [0.25, 0.3) is 16.8 Å². The zero-order valence-corrected chi connectivity index (χ0v) is 18.5. The second kappa shape index (κ2) is 8.70. The zero-order chi connectivity index (χ0) is 22.1. The Bertz CT molecular complexity index is 1080. The summed E-state index contributed by atoms with van der Waals surface area (Å²) < 4.78 is 2.36. The highest BCUT2D eigenvalue weighted by Crippen LogP contribution is 2.37. The Morgan fingerprint density at radius 1 is 1.16 bits per heavy atom. The number of carbonyl (C=O) groups is 2. The standard InChI is InChI=1S/C23H25N3O4S/c1-15-12-18(16(2)25(15)19-9-4-3-5-10-19)13-21-22(27)24(23(28)31-21)14-17-8-6-7-11-20(17)26(29)30/h6-8,11-13,19H,3-5,9-10,14H2,1-2H3/b21-13-. The highest BCUT2D eigenvalue weighted by atomic mass is 32.2. The molecule has 1 aliphatic carbocycles. The molecule has 8 heteroatoms. The fourth-order valence-corrected chi connectivity index (χ4v) is 5.45. The van der Waals surface area contributed by atoms with Gasteiger partial charge < -0.3 is 4.57 Å². The van der Waals surface area contributed by atoms with Crippen LogP contribution < -0.4 is 0 Å². The largest absolute Gasteiger partial charge is 0.346 e. The van der Waals surface area contributed by atoms with E-state index in [0.29, 0.717) is 16.5 Å². The van der Waals surface area contributed by atoms with Crippen molar-refractivity contribution in [2.75, 3.05) is 0 Å². The number of imide groups is 1. The van der Waals surface area contributed by atoms with Crippen molar-refractivity contribution in [1.29, 1.82) is 0 Å². The summed E-state index contributed by atoms with van der Waals surface area (Å²) in [5.74, 6) is -0.407. The Morgan fingerprint density at radius 2 is 1.87 bits per heavy atom. The number of para-hydroxylation sites is 1. The van der Waals surface area contributed by atoms with Gasteiger partial charge in [0.1, 0.15) is 0 Å². The maximum atomic E-state index is 12.9. The van der Waals surface area contributed by atoms with Crippen molar-refractivity contribution in [1.82, 2.24) is 9.47 Å². The van der Waals surface area contributed by atoms with E-state index >= 15 is 0 Å². The van der Waals surface area contributed by atoms with Crippen LogP contribution in [0.4, 0.5) is 10.5 Å². The van der Waals surface area contributed by atoms with Crippen LogP contribution in [0.25, 0.3) is 6.08 Å². The Kier molecular flexibility index (Phi) is 6.00. The second-order valence-electron chi connectivity index (χ2n) is 8.14. The lowest BCUT2D eigenvalue weighted by Crippen LogP contribution is -2.27. The lowest BCUT2D eigenvalue weighted by atomic mass is 9.95. The molecule has 0 radical (unpaired) electrons. The molecule has 0 atom stereocenters. The van der Waals surface area contributed by atoms with Crippen LogP contribution in [0.1, 0.15) is 60.7 Å². The van der Waals surface area contributed by atoms with Crippen LogP contribution >= 0.6 is 11.8 Å². The molecule has 1 aliphatic heterocycles. The molecule has 0 N–H and O–H groups in total. The molecule has 7 nitrogen and oxygen atoms in total. The van der Waals surface area contributed by atoms with Crippen molar-refractivity contribution in [3.8, 4) is 0 Å². The van der Waals surface area contributed by atoms with Crippen molar-refractivity contribution in [3.63, 3.8) is 0 Å². The molecule has 2 aliphatic rings. The average molecular weight is 440 g/mol. The smallest absolute Gasteiger partial charge is 0.293 e. The van der Waals surface area contributed by atoms with Gasteiger partial charge in [-0.3, -0.25) is 24.6 Å². The Morgan fingerprint density at radius 3 is 2.58 bits per heavy atom. The van der Waals surface area contributed by atoms with E-state index in [-0.39, 0.29) is 12.2 Å². The Balaban J connectivity index is 1.59. The summed E-state index contributed by atoms with van der Waals surface area (Å²) in [5, 5.41) is 10.9. The number of rotatable bonds is 5. The van der Waals surface area contributed by atoms with Crippen LogP contribution in [0.15, 0.2) is 35.2 Å². The highest BCUT2D eigenvalue weighted by molar-refractivity contribution is 8.18. The van der Waals surface area contributed by atoms with Gasteiger partial charge in [-0.15, -0.1) is 0 Å². The molecule has 1 saturated carbocycles. The van der Waals surface area contributed by atoms with Crippen molar-refractivity contribution >= 4 is 34.7 Å². The molecule has 1 saturated heterocycles. The van der Waals surface area contributed by atoms with E-state index in [9.17, 15) is 19.7 Å². The molecular weight excluding hydrogens is 414 g/mol. The van der Waals surface area contributed by atoms with Gasteiger partial charge in [-0.1, -0.05) is 37.5 Å². The van der Waals surface area contributed by atoms with E-state index in [1.807, 2.05) is 0 Å². The minimum Gasteiger partial charge on any atom is -0.346 e. The van der Waals surface area contributed by atoms with Gasteiger partial charge in [0.05, 0.1) is 16.4 Å². The van der Waals surface area contributed by atoms with Crippen LogP contribution in [0.2, 0.25) is 0 Å². The molecule has 0 bridgehead atoms. The minimum absolute atomic E-state index is 0.0958. The maximum Gasteiger partial charge on any atom is 0.293 e. The van der Waals surface area contributed by atoms with Gasteiger partial charge in [0.15, 0.2) is 0 Å². The van der Waals surface area contributed by atoms with Crippen molar-refractivity contribution in [2.45, 2.75) is 58.5 Å². The van der Waals surface area contributed by atoms with Crippen LogP contribution in [-0.2, 0) is 11.3 Å². The van der Waals surface area contributed by atoms with Crippen molar-refractivity contribution in [2.24, 2.45) is 0 Å². The van der Waals surface area contributed by atoms with Gasteiger partial charge in [0, 0.05) is 29.1 Å². The van der Waals surface area contributed by atoms with Crippen LogP contribution in [0, 0.1) is 24.0 Å². The zero-order valence-electron chi connectivity index (χ0n) is 17.7. The van der Waals surface area contributed by atoms with Gasteiger partial charge in [-0.05, 0) is 56.2 Å². The van der Waals surface area contributed by atoms with Gasteiger partial charge in [-0.25, -0.2) is 0 Å². The fraction of sp³-hybridized carbons (Fsp3) is 0.391. The van der Waals surface area contributed by atoms with Crippen molar-refractivity contribution < 1.29 is 14.5 Å². The van der Waals surface area contributed by atoms with Gasteiger partial charge in [-0.2, -0.15) is 0 Å². The molecule has 2 heterocycles. The monoisotopic (exact) mass is 439 g/mol. The summed E-state index contributed by atoms with van der Waals surface area (Å²) >= 11 is 0.889. The summed E-state index contributed by atoms with van der Waals surface area (Å²) in [5.41, 5.74) is 3.46. The number of nitro groups is 1. The molecule has 1 aromatic carbocycles. The van der Waals surface area contributed by atoms with E-state index in [0.717, 1.165) is 33.6 Å². The Hall–Kier alpha value is -2.87. The molecule has 162 valence electrons. The van der Waals surface area contributed by atoms with Crippen LogP contribution in [0.3, 0.4) is 0 Å². The van der Waals surface area contributed by atoms with Crippen LogP contribution in [-0.4, -0.2) is 25.5 Å². The predicted octanol–water partition coefficient (Wildman–Crippen LogP) is 5.75. The number of hydrogen-bond donors (Lipinski definition) is 0. The van der Waals surface area contributed by atoms with E-state index < -0.39 is 16.1 Å². The summed E-state index contributed by atoms with van der Waals surface area (Å²) in [6.45, 7) is 4.03. The first-order valence-corrected chi connectivity index (χ1v) is 11.3.